The molecule has 0 unspecified atom stereocenters. The summed E-state index contributed by atoms with van der Waals surface area (Å²) in [4.78, 5) is 13.8. The highest BCUT2D eigenvalue weighted by atomic mass is 16.2. The molecule has 2 rings (SSSR count). The summed E-state index contributed by atoms with van der Waals surface area (Å²) in [5.74, 6) is 0. The van der Waals surface area contributed by atoms with Crippen LogP contribution in [0.3, 0.4) is 0 Å². The van der Waals surface area contributed by atoms with Crippen molar-refractivity contribution < 1.29 is 4.79 Å². The monoisotopic (exact) mass is 293 g/mol. The van der Waals surface area contributed by atoms with Crippen molar-refractivity contribution in [3.63, 3.8) is 0 Å². The smallest absolute Gasteiger partial charge is 0.321 e. The zero-order chi connectivity index (χ0) is 15.9. The lowest BCUT2D eigenvalue weighted by molar-refractivity contribution is 0.220. The van der Waals surface area contributed by atoms with Gasteiger partial charge in [-0.15, -0.1) is 0 Å². The van der Waals surface area contributed by atoms with E-state index in [-0.39, 0.29) is 6.03 Å². The molecule has 0 saturated carbocycles. The first kappa shape index (κ1) is 15.6. The lowest BCUT2D eigenvalue weighted by atomic mass is 10.1. The van der Waals surface area contributed by atoms with Gasteiger partial charge in [-0.2, -0.15) is 5.26 Å². The summed E-state index contributed by atoms with van der Waals surface area (Å²) in [5.41, 5.74) is 3.63. The summed E-state index contributed by atoms with van der Waals surface area (Å²) in [6.07, 6.45) is 1.01. The van der Waals surface area contributed by atoms with Crippen LogP contribution in [0.2, 0.25) is 0 Å². The zero-order valence-corrected chi connectivity index (χ0v) is 12.8. The van der Waals surface area contributed by atoms with Crippen molar-refractivity contribution in [2.24, 2.45) is 0 Å². The average molecular weight is 293 g/mol. The van der Waals surface area contributed by atoms with Crippen molar-refractivity contribution in [2.45, 2.75) is 19.9 Å². The lowest BCUT2D eigenvalue weighted by Crippen LogP contribution is -2.30. The number of nitrogens with one attached hydrogen (secondary N) is 1. The molecule has 0 heterocycles. The summed E-state index contributed by atoms with van der Waals surface area (Å²) in [6, 6.07) is 16.9. The summed E-state index contributed by atoms with van der Waals surface area (Å²) < 4.78 is 0. The molecule has 1 N–H and O–H groups in total. The van der Waals surface area contributed by atoms with Crippen molar-refractivity contribution >= 4 is 11.7 Å². The number of carbonyl (C=O) groups excluding carboxylic acids is 1. The first-order valence-corrected chi connectivity index (χ1v) is 7.22. The van der Waals surface area contributed by atoms with Gasteiger partial charge in [0.15, 0.2) is 0 Å². The van der Waals surface area contributed by atoms with Gasteiger partial charge in [0.05, 0.1) is 11.6 Å². The molecule has 0 aliphatic carbocycles. The van der Waals surface area contributed by atoms with Crippen molar-refractivity contribution in [2.75, 3.05) is 12.4 Å². The Balaban J connectivity index is 1.94. The molecule has 22 heavy (non-hydrogen) atoms. The predicted molar refractivity (Wildman–Crippen MR) is 87.5 cm³/mol. The predicted octanol–water partition coefficient (Wildman–Crippen LogP) is 3.78. The van der Waals surface area contributed by atoms with Crippen LogP contribution in [0, 0.1) is 11.3 Å². The molecule has 0 fully saturated rings. The fraction of sp³-hybridized carbons (Fsp3) is 0.222. The number of amides is 2. The Labute approximate surface area is 131 Å². The second-order valence-corrected chi connectivity index (χ2v) is 5.15. The summed E-state index contributed by atoms with van der Waals surface area (Å²) in [6.45, 7) is 2.66. The van der Waals surface area contributed by atoms with Gasteiger partial charge in [-0.3, -0.25) is 0 Å². The molecule has 4 heteroatoms. The molecule has 2 aromatic carbocycles. The number of urea groups is 1. The first-order chi connectivity index (χ1) is 10.6. The van der Waals surface area contributed by atoms with E-state index in [4.69, 9.17) is 5.26 Å². The van der Waals surface area contributed by atoms with Crippen LogP contribution in [-0.2, 0) is 13.0 Å². The molecule has 0 aliphatic rings. The Hall–Kier alpha value is -2.80. The maximum atomic E-state index is 12.1. The third kappa shape index (κ3) is 4.10. The third-order valence-electron chi connectivity index (χ3n) is 3.46. The van der Waals surface area contributed by atoms with Gasteiger partial charge in [0.25, 0.3) is 0 Å². The van der Waals surface area contributed by atoms with Gasteiger partial charge in [0, 0.05) is 19.3 Å². The van der Waals surface area contributed by atoms with Crippen LogP contribution in [-0.4, -0.2) is 18.0 Å². The maximum absolute atomic E-state index is 12.1. The summed E-state index contributed by atoms with van der Waals surface area (Å²) in [7, 11) is 1.76. The van der Waals surface area contributed by atoms with Crippen molar-refractivity contribution in [1.29, 1.82) is 5.26 Å². The van der Waals surface area contributed by atoms with E-state index in [1.807, 2.05) is 18.2 Å². The molecule has 2 aromatic rings. The standard InChI is InChI=1S/C18H19N3O/c1-3-14-4-6-16(7-5-14)13-21(2)18(22)20-17-10-8-15(12-19)9-11-17/h4-11H,3,13H2,1-2H3,(H,20,22). The summed E-state index contributed by atoms with van der Waals surface area (Å²) in [5, 5.41) is 11.6. The molecule has 0 saturated heterocycles. The van der Waals surface area contributed by atoms with Gasteiger partial charge in [-0.05, 0) is 41.8 Å². The highest BCUT2D eigenvalue weighted by Crippen LogP contribution is 2.11. The Kier molecular flexibility index (Phi) is 5.16. The quantitative estimate of drug-likeness (QED) is 0.932. The van der Waals surface area contributed by atoms with Crippen molar-refractivity contribution in [3.8, 4) is 6.07 Å². The van der Waals surface area contributed by atoms with E-state index in [0.29, 0.717) is 17.8 Å². The normalized spacial score (nSPS) is 9.86. The fourth-order valence-corrected chi connectivity index (χ4v) is 2.07. The van der Waals surface area contributed by atoms with Crippen LogP contribution in [0.15, 0.2) is 48.5 Å². The zero-order valence-electron chi connectivity index (χ0n) is 12.8. The van der Waals surface area contributed by atoms with Gasteiger partial charge >= 0.3 is 6.03 Å². The second kappa shape index (κ2) is 7.28. The molecule has 4 nitrogen and oxygen atoms in total. The van der Waals surface area contributed by atoms with Crippen LogP contribution < -0.4 is 5.32 Å². The molecule has 0 bridgehead atoms. The first-order valence-electron chi connectivity index (χ1n) is 7.22. The van der Waals surface area contributed by atoms with E-state index in [9.17, 15) is 4.79 Å². The molecule has 2 amide bonds. The minimum atomic E-state index is -0.177. The van der Waals surface area contributed by atoms with E-state index in [2.05, 4.69) is 24.4 Å². The number of rotatable bonds is 4. The second-order valence-electron chi connectivity index (χ2n) is 5.15. The van der Waals surface area contributed by atoms with Crippen LogP contribution in [0.25, 0.3) is 0 Å². The van der Waals surface area contributed by atoms with E-state index < -0.39 is 0 Å². The largest absolute Gasteiger partial charge is 0.323 e. The number of aryl methyl sites for hydroxylation is 1. The number of hydrogen-bond acceptors (Lipinski definition) is 2. The Morgan fingerprint density at radius 2 is 1.68 bits per heavy atom. The number of nitriles is 1. The van der Waals surface area contributed by atoms with Crippen LogP contribution in [0.4, 0.5) is 10.5 Å². The average Bonchev–Trinajstić information content (AvgIpc) is 2.56. The summed E-state index contributed by atoms with van der Waals surface area (Å²) >= 11 is 0. The molecule has 0 aliphatic heterocycles. The van der Waals surface area contributed by atoms with Crippen molar-refractivity contribution in [3.05, 3.63) is 65.2 Å². The van der Waals surface area contributed by atoms with E-state index >= 15 is 0 Å². The van der Waals surface area contributed by atoms with Gasteiger partial charge in [-0.25, -0.2) is 4.79 Å². The van der Waals surface area contributed by atoms with Gasteiger partial charge in [0.1, 0.15) is 0 Å². The van der Waals surface area contributed by atoms with Crippen LogP contribution in [0.5, 0.6) is 0 Å². The third-order valence-corrected chi connectivity index (χ3v) is 3.46. The number of carbonyl (C=O) groups is 1. The number of hydrogen-bond donors (Lipinski definition) is 1. The Morgan fingerprint density at radius 1 is 1.09 bits per heavy atom. The van der Waals surface area contributed by atoms with Crippen molar-refractivity contribution in [1.82, 2.24) is 4.90 Å². The lowest BCUT2D eigenvalue weighted by Gasteiger charge is -2.18. The minimum Gasteiger partial charge on any atom is -0.323 e. The molecule has 0 radical (unpaired) electrons. The minimum absolute atomic E-state index is 0.177. The molecule has 0 spiro atoms. The van der Waals surface area contributed by atoms with Gasteiger partial charge < -0.3 is 10.2 Å². The number of benzene rings is 2. The molecular formula is C18H19N3O. The Morgan fingerprint density at radius 3 is 2.23 bits per heavy atom. The molecule has 112 valence electrons. The van der Waals surface area contributed by atoms with Crippen LogP contribution in [0.1, 0.15) is 23.6 Å². The topological polar surface area (TPSA) is 56.1 Å². The number of nitrogens with zero attached hydrogens (tertiary/aromatic N) is 2. The van der Waals surface area contributed by atoms with E-state index in [1.54, 1.807) is 36.2 Å². The van der Waals surface area contributed by atoms with Crippen LogP contribution >= 0.6 is 0 Å². The van der Waals surface area contributed by atoms with E-state index in [1.165, 1.54) is 5.56 Å². The number of anilines is 1. The maximum Gasteiger partial charge on any atom is 0.321 e. The molecule has 0 aromatic heterocycles. The highest BCUT2D eigenvalue weighted by molar-refractivity contribution is 5.89. The van der Waals surface area contributed by atoms with E-state index in [0.717, 1.165) is 12.0 Å². The van der Waals surface area contributed by atoms with Gasteiger partial charge in [0.2, 0.25) is 0 Å². The SMILES string of the molecule is CCc1ccc(CN(C)C(=O)Nc2ccc(C#N)cc2)cc1. The Bertz CT molecular complexity index is 669. The highest BCUT2D eigenvalue weighted by Gasteiger charge is 2.09. The molecule has 0 atom stereocenters. The molecular weight excluding hydrogens is 274 g/mol. The fourth-order valence-electron chi connectivity index (χ4n) is 2.07. The van der Waals surface area contributed by atoms with Gasteiger partial charge in [-0.1, -0.05) is 31.2 Å².